The molecule has 2 N–H and O–H groups in total. The van der Waals surface area contributed by atoms with Crippen molar-refractivity contribution >= 4 is 44.8 Å². The van der Waals surface area contributed by atoms with Gasteiger partial charge in [0.1, 0.15) is 17.9 Å². The summed E-state index contributed by atoms with van der Waals surface area (Å²) in [5, 5.41) is 3.15. The van der Waals surface area contributed by atoms with Crippen molar-refractivity contribution in [3.63, 3.8) is 0 Å². The molecule has 1 aromatic heterocycles. The highest BCUT2D eigenvalue weighted by Crippen LogP contribution is 2.45. The van der Waals surface area contributed by atoms with E-state index in [1.54, 1.807) is 6.07 Å². The predicted octanol–water partition coefficient (Wildman–Crippen LogP) is 3.67. The highest BCUT2D eigenvalue weighted by atomic mass is 35.5. The van der Waals surface area contributed by atoms with Crippen molar-refractivity contribution < 1.29 is 40.5 Å². The van der Waals surface area contributed by atoms with Crippen LogP contribution in [-0.2, 0) is 10.0 Å². The van der Waals surface area contributed by atoms with Crippen LogP contribution in [0.15, 0.2) is 35.5 Å². The van der Waals surface area contributed by atoms with E-state index in [0.29, 0.717) is 16.7 Å². The summed E-state index contributed by atoms with van der Waals surface area (Å²) in [4.78, 5) is 8.14. The molecule has 0 radical (unpaired) electrons. The van der Waals surface area contributed by atoms with Crippen molar-refractivity contribution in [2.75, 3.05) is 40.3 Å². The third kappa shape index (κ3) is 6.07. The van der Waals surface area contributed by atoms with Gasteiger partial charge in [-0.05, 0) is 25.2 Å². The quantitative estimate of drug-likeness (QED) is 0.420. The van der Waals surface area contributed by atoms with Gasteiger partial charge in [0, 0.05) is 6.07 Å². The van der Waals surface area contributed by atoms with Crippen molar-refractivity contribution in [1.29, 1.82) is 0 Å². The highest BCUT2D eigenvalue weighted by molar-refractivity contribution is 7.89. The normalized spacial score (nSPS) is 11.5. The molecule has 0 spiro atoms. The van der Waals surface area contributed by atoms with Gasteiger partial charge in [0.2, 0.25) is 15.8 Å². The van der Waals surface area contributed by atoms with Crippen LogP contribution in [0, 0.1) is 0 Å². The van der Waals surface area contributed by atoms with Gasteiger partial charge in [0.05, 0.1) is 42.8 Å². The first kappa shape index (κ1) is 28.0. The first-order valence-corrected chi connectivity index (χ1v) is 11.0. The van der Waals surface area contributed by atoms with Gasteiger partial charge in [-0.1, -0.05) is 0 Å². The minimum atomic E-state index is -4.61. The van der Waals surface area contributed by atoms with Gasteiger partial charge >= 0.3 is 6.18 Å². The molecule has 0 saturated heterocycles. The molecular formula is C20H22ClF3N4O6S. The number of alkyl halides is 3. The summed E-state index contributed by atoms with van der Waals surface area (Å²) < 4.78 is 86.1. The van der Waals surface area contributed by atoms with Gasteiger partial charge in [0.15, 0.2) is 18.1 Å². The Balaban J connectivity index is 0.00000432. The Morgan fingerprint density at radius 1 is 0.971 bits per heavy atom. The molecule has 35 heavy (non-hydrogen) atoms. The van der Waals surface area contributed by atoms with Crippen LogP contribution in [0.5, 0.6) is 23.0 Å². The molecule has 0 aliphatic rings. The van der Waals surface area contributed by atoms with Crippen molar-refractivity contribution in [3.05, 3.63) is 30.6 Å². The molecule has 10 nitrogen and oxygen atoms in total. The summed E-state index contributed by atoms with van der Waals surface area (Å²) in [6.45, 7) is -1.58. The fourth-order valence-corrected chi connectivity index (χ4v) is 3.84. The van der Waals surface area contributed by atoms with Crippen LogP contribution in [0.1, 0.15) is 0 Å². The lowest BCUT2D eigenvalue weighted by Crippen LogP contribution is -2.20. The first-order valence-electron chi connectivity index (χ1n) is 9.52. The summed E-state index contributed by atoms with van der Waals surface area (Å²) in [5.74, 6) is 0.595. The van der Waals surface area contributed by atoms with Crippen LogP contribution in [0.4, 0.5) is 24.7 Å². The van der Waals surface area contributed by atoms with Crippen LogP contribution >= 0.6 is 12.4 Å². The van der Waals surface area contributed by atoms with Gasteiger partial charge < -0.3 is 24.3 Å². The number of benzene rings is 2. The van der Waals surface area contributed by atoms with Crippen LogP contribution < -0.4 is 29.0 Å². The minimum Gasteiger partial charge on any atom is -0.493 e. The van der Waals surface area contributed by atoms with Crippen molar-refractivity contribution in [2.45, 2.75) is 11.1 Å². The second-order valence-electron chi connectivity index (χ2n) is 6.66. The molecule has 0 amide bonds. The maximum absolute atomic E-state index is 12.8. The average Bonchev–Trinajstić information content (AvgIpc) is 2.81. The smallest absolute Gasteiger partial charge is 0.422 e. The molecule has 0 bridgehead atoms. The molecule has 0 saturated carbocycles. The molecule has 192 valence electrons. The number of rotatable bonds is 9. The molecular weight excluding hydrogens is 517 g/mol. The number of halogens is 4. The number of hydrogen-bond acceptors (Lipinski definition) is 9. The molecule has 0 aliphatic heterocycles. The Hall–Kier alpha value is -3.23. The van der Waals surface area contributed by atoms with E-state index in [1.807, 2.05) is 0 Å². The molecule has 3 aromatic rings. The van der Waals surface area contributed by atoms with Gasteiger partial charge in [0.25, 0.3) is 0 Å². The number of nitrogens with one attached hydrogen (secondary N) is 2. The van der Waals surface area contributed by atoms with Crippen LogP contribution in [0.3, 0.4) is 0 Å². The van der Waals surface area contributed by atoms with E-state index in [4.69, 9.17) is 18.9 Å². The van der Waals surface area contributed by atoms with Crippen LogP contribution in [-0.4, -0.2) is 59.5 Å². The number of fused-ring (bicyclic) bond motifs is 1. The van der Waals surface area contributed by atoms with E-state index < -0.39 is 22.8 Å². The second-order valence-corrected chi connectivity index (χ2v) is 8.54. The van der Waals surface area contributed by atoms with Crippen LogP contribution in [0.2, 0.25) is 0 Å². The van der Waals surface area contributed by atoms with Gasteiger partial charge in [-0.15, -0.1) is 12.4 Å². The Bertz CT molecular complexity index is 1310. The lowest BCUT2D eigenvalue weighted by atomic mass is 10.1. The van der Waals surface area contributed by atoms with E-state index in [2.05, 4.69) is 20.0 Å². The molecule has 3 rings (SSSR count). The molecule has 0 fully saturated rings. The van der Waals surface area contributed by atoms with E-state index in [0.717, 1.165) is 18.2 Å². The zero-order valence-corrected chi connectivity index (χ0v) is 20.5. The van der Waals surface area contributed by atoms with Crippen molar-refractivity contribution in [3.8, 4) is 23.0 Å². The summed E-state index contributed by atoms with van der Waals surface area (Å²) in [5.41, 5.74) is 0.279. The fraction of sp³-hybridized carbons (Fsp3) is 0.300. The summed E-state index contributed by atoms with van der Waals surface area (Å²) in [6.07, 6.45) is -3.40. The zero-order valence-electron chi connectivity index (χ0n) is 18.9. The molecule has 1 heterocycles. The number of anilines is 2. The van der Waals surface area contributed by atoms with E-state index in [-0.39, 0.29) is 46.1 Å². The molecule has 15 heteroatoms. The number of ether oxygens (including phenoxy) is 4. The second kappa shape index (κ2) is 11.0. The summed E-state index contributed by atoms with van der Waals surface area (Å²) in [6, 6.07) is 4.92. The zero-order chi connectivity index (χ0) is 25.1. The van der Waals surface area contributed by atoms with Crippen LogP contribution in [0.25, 0.3) is 10.9 Å². The topological polar surface area (TPSA) is 121 Å². The standard InChI is InChI=1S/C20H21F3N4O6S.ClH/c1-24-34(28,29)11-5-6-14(33-9-20(21,22)23)12(7-11)27-19-16-13(25-10-26-19)8-15(30-2)17(31-3)18(16)32-4;/h5-8,10,24H,9H2,1-4H3,(H,25,26,27);1H. The molecule has 0 unspecified atom stereocenters. The summed E-state index contributed by atoms with van der Waals surface area (Å²) in [7, 11) is 1.51. The number of nitrogens with zero attached hydrogens (tertiary/aromatic N) is 2. The minimum absolute atomic E-state index is 0. The SMILES string of the molecule is CNS(=O)(=O)c1ccc(OCC(F)(F)F)c(Nc2ncnc3cc(OC)c(OC)c(OC)c23)c1.Cl. The largest absolute Gasteiger partial charge is 0.493 e. The van der Waals surface area contributed by atoms with Crippen molar-refractivity contribution in [1.82, 2.24) is 14.7 Å². The van der Waals surface area contributed by atoms with E-state index >= 15 is 0 Å². The average molecular weight is 539 g/mol. The number of methoxy groups -OCH3 is 3. The Morgan fingerprint density at radius 2 is 1.66 bits per heavy atom. The first-order chi connectivity index (χ1) is 16.0. The van der Waals surface area contributed by atoms with E-state index in [1.165, 1.54) is 34.7 Å². The summed E-state index contributed by atoms with van der Waals surface area (Å²) >= 11 is 0. The number of sulfonamides is 1. The fourth-order valence-electron chi connectivity index (χ4n) is 3.09. The Morgan fingerprint density at radius 3 is 2.23 bits per heavy atom. The Labute approximate surface area is 205 Å². The maximum atomic E-state index is 12.8. The van der Waals surface area contributed by atoms with Gasteiger partial charge in [-0.25, -0.2) is 23.1 Å². The third-order valence-corrected chi connectivity index (χ3v) is 6.02. The lowest BCUT2D eigenvalue weighted by Gasteiger charge is -2.18. The third-order valence-electron chi connectivity index (χ3n) is 4.60. The number of hydrogen-bond donors (Lipinski definition) is 2. The predicted molar refractivity (Wildman–Crippen MR) is 124 cm³/mol. The molecule has 0 atom stereocenters. The highest BCUT2D eigenvalue weighted by Gasteiger charge is 2.29. The van der Waals surface area contributed by atoms with Crippen molar-refractivity contribution in [2.24, 2.45) is 0 Å². The maximum Gasteiger partial charge on any atom is 0.422 e. The van der Waals surface area contributed by atoms with E-state index in [9.17, 15) is 21.6 Å². The Kier molecular flexibility index (Phi) is 8.81. The number of aromatic nitrogens is 2. The van der Waals surface area contributed by atoms with Gasteiger partial charge in [-0.3, -0.25) is 0 Å². The lowest BCUT2D eigenvalue weighted by molar-refractivity contribution is -0.153. The van der Waals surface area contributed by atoms with Gasteiger partial charge in [-0.2, -0.15) is 13.2 Å². The molecule has 0 aliphatic carbocycles. The monoisotopic (exact) mass is 538 g/mol. The molecule has 2 aromatic carbocycles.